The molecule has 5 amide bonds. The number of amides is 5. The number of hydrogen-bond acceptors (Lipinski definition) is 11. The van der Waals surface area contributed by atoms with Gasteiger partial charge in [-0.05, 0) is 43.0 Å². The van der Waals surface area contributed by atoms with Gasteiger partial charge < -0.3 is 35.1 Å². The maximum atomic E-state index is 14.5. The number of para-hydroxylation sites is 1. The number of hydrogen-bond donors (Lipinski definition) is 4. The van der Waals surface area contributed by atoms with E-state index in [1.54, 1.807) is 30.3 Å². The second kappa shape index (κ2) is 18.6. The lowest BCUT2D eigenvalue weighted by atomic mass is 10.0. The fourth-order valence-corrected chi connectivity index (χ4v) is 9.78. The van der Waals surface area contributed by atoms with Crippen LogP contribution in [-0.4, -0.2) is 104 Å². The highest BCUT2D eigenvalue weighted by atomic mass is 32.2. The van der Waals surface area contributed by atoms with Crippen molar-refractivity contribution in [3.05, 3.63) is 72.1 Å². The highest BCUT2D eigenvalue weighted by molar-refractivity contribution is 7.90. The quantitative estimate of drug-likeness (QED) is 0.321. The minimum absolute atomic E-state index is 0.0124. The average molecular weight is 853 g/mol. The molecule has 3 fully saturated rings. The van der Waals surface area contributed by atoms with Crippen molar-refractivity contribution in [3.63, 3.8) is 0 Å². The third-order valence-corrected chi connectivity index (χ3v) is 13.4. The summed E-state index contributed by atoms with van der Waals surface area (Å²) in [6, 6.07) is 8.95. The second-order valence-corrected chi connectivity index (χ2v) is 17.9. The van der Waals surface area contributed by atoms with Gasteiger partial charge >= 0.3 is 12.2 Å². The summed E-state index contributed by atoms with van der Waals surface area (Å²) in [5, 5.41) is 8.81. The third-order valence-electron chi connectivity index (χ3n) is 12.0. The van der Waals surface area contributed by atoms with Crippen LogP contribution in [0.3, 0.4) is 0 Å². The average Bonchev–Trinajstić information content (AvgIpc) is 3.51. The van der Waals surface area contributed by atoms with Gasteiger partial charge in [-0.15, -0.1) is 6.58 Å². The van der Waals surface area contributed by atoms with Gasteiger partial charge in [0, 0.05) is 56.3 Å². The lowest BCUT2D eigenvalue weighted by molar-refractivity contribution is -0.140. The van der Waals surface area contributed by atoms with E-state index in [1.165, 1.54) is 28.0 Å². The molecule has 2 aromatic carbocycles. The Labute approximate surface area is 349 Å². The van der Waals surface area contributed by atoms with Gasteiger partial charge in [-0.1, -0.05) is 56.0 Å². The Morgan fingerprint density at radius 1 is 0.950 bits per heavy atom. The van der Waals surface area contributed by atoms with Gasteiger partial charge in [0.15, 0.2) is 0 Å². The van der Waals surface area contributed by atoms with Gasteiger partial charge in [-0.25, -0.2) is 27.1 Å². The Kier molecular flexibility index (Phi) is 13.3. The molecule has 7 rings (SSSR count). The normalized spacial score (nSPS) is 27.8. The maximum absolute atomic E-state index is 14.5. The number of anilines is 1. The Balaban J connectivity index is 1.13. The first kappa shape index (κ1) is 42.9. The maximum Gasteiger partial charge on any atom is 0.410 e. The smallest absolute Gasteiger partial charge is 0.410 e. The largest absolute Gasteiger partial charge is 0.446 e. The van der Waals surface area contributed by atoms with Crippen LogP contribution in [0.15, 0.2) is 60.0 Å². The molecule has 60 heavy (non-hydrogen) atoms. The van der Waals surface area contributed by atoms with Gasteiger partial charge in [0.05, 0.1) is 32.0 Å². The number of halogens is 1. The molecular formula is C42H53FN6O10S. The fraction of sp³-hybridized carbons (Fsp3) is 0.548. The van der Waals surface area contributed by atoms with E-state index in [2.05, 4.69) is 27.3 Å². The van der Waals surface area contributed by atoms with E-state index in [9.17, 15) is 36.8 Å². The third kappa shape index (κ3) is 9.86. The lowest BCUT2D eigenvalue weighted by Crippen LogP contribution is -2.56. The first-order chi connectivity index (χ1) is 28.9. The Morgan fingerprint density at radius 3 is 2.48 bits per heavy atom. The van der Waals surface area contributed by atoms with E-state index in [0.717, 1.165) is 25.7 Å². The molecule has 16 nitrogen and oxygen atoms in total. The molecule has 2 saturated heterocycles. The molecule has 0 aromatic heterocycles. The summed E-state index contributed by atoms with van der Waals surface area (Å²) in [4.78, 5) is 71.8. The summed E-state index contributed by atoms with van der Waals surface area (Å²) in [5.74, 6) is -3.30. The van der Waals surface area contributed by atoms with Crippen molar-refractivity contribution < 1.29 is 51.0 Å². The number of benzene rings is 2. The van der Waals surface area contributed by atoms with Crippen molar-refractivity contribution in [3.8, 4) is 0 Å². The van der Waals surface area contributed by atoms with Crippen LogP contribution in [0.25, 0.3) is 0 Å². The molecule has 1 unspecified atom stereocenters. The van der Waals surface area contributed by atoms with Crippen LogP contribution in [0.4, 0.5) is 19.7 Å². The van der Waals surface area contributed by atoms with E-state index in [4.69, 9.17) is 14.2 Å². The zero-order valence-corrected chi connectivity index (χ0v) is 34.3. The Bertz CT molecular complexity index is 2080. The van der Waals surface area contributed by atoms with E-state index in [-0.39, 0.29) is 49.9 Å². The number of nitrogens with zero attached hydrogens (tertiary/aromatic N) is 2. The fourth-order valence-electron chi connectivity index (χ4n) is 8.55. The summed E-state index contributed by atoms with van der Waals surface area (Å²) in [5.41, 5.74) is -0.347. The predicted molar refractivity (Wildman–Crippen MR) is 215 cm³/mol. The number of ether oxygens (including phenoxy) is 3. The summed E-state index contributed by atoms with van der Waals surface area (Å²) in [6.07, 6.45) is 3.88. The number of nitrogens with one attached hydrogen (secondary N) is 4. The van der Waals surface area contributed by atoms with Crippen molar-refractivity contribution in [2.45, 2.75) is 118 Å². The van der Waals surface area contributed by atoms with Gasteiger partial charge in [-0.3, -0.25) is 19.3 Å². The minimum Gasteiger partial charge on any atom is -0.446 e. The van der Waals surface area contributed by atoms with Crippen molar-refractivity contribution >= 4 is 45.6 Å². The summed E-state index contributed by atoms with van der Waals surface area (Å²) >= 11 is 0. The summed E-state index contributed by atoms with van der Waals surface area (Å²) < 4.78 is 61.0. The molecule has 5 aliphatic rings. The molecule has 4 N–H and O–H groups in total. The molecule has 4 heterocycles. The van der Waals surface area contributed by atoms with Crippen LogP contribution < -0.4 is 20.7 Å². The standard InChI is InChI=1S/C42H53FN6O10S/c1-2-28-23-42(28)39(52)47-60(55,56)36-15-8-7-14-34(36)44-18-9-5-3-4-6-12-29(45-40(53)58-30-16-19-57-20-17-30)21-37(50)49-25-31(22-35(49)38(51)46-42)59-41(54)48-24-27-11-10-13-33(43)32(27)26-48/h2,7-8,10-11,13-15,28-31,35,44H,1,3-6,9,12,16-26H2,(H,45,53)(H,46,51)(H,47,52)/t28-,29?,31+,35-,42-/m0/s1. The SMILES string of the molecule is C=C[C@H]1C[C@]12NC(=O)[C@@H]1C[C@@H](OC(=O)N3Cc4cccc(F)c4C3)CN1C(=O)CC(NC(=O)OC1CCOCC1)CCCCCCCNc1ccccc1S(=O)(=O)NC2=O. The van der Waals surface area contributed by atoms with Crippen LogP contribution >= 0.6 is 0 Å². The molecule has 2 aromatic rings. The molecule has 0 radical (unpaired) electrons. The summed E-state index contributed by atoms with van der Waals surface area (Å²) in [6.45, 7) is 5.13. The van der Waals surface area contributed by atoms with Gasteiger partial charge in [0.2, 0.25) is 11.8 Å². The molecule has 18 heteroatoms. The number of sulfonamides is 1. The van der Waals surface area contributed by atoms with Crippen LogP contribution in [0.5, 0.6) is 0 Å². The highest BCUT2D eigenvalue weighted by Gasteiger charge is 2.61. The first-order valence-electron chi connectivity index (χ1n) is 20.8. The van der Waals surface area contributed by atoms with Crippen LogP contribution in [0, 0.1) is 11.7 Å². The molecule has 1 saturated carbocycles. The van der Waals surface area contributed by atoms with Gasteiger partial charge in [0.25, 0.3) is 15.9 Å². The molecule has 1 aliphatic carbocycles. The van der Waals surface area contributed by atoms with Crippen LogP contribution in [0.2, 0.25) is 0 Å². The van der Waals surface area contributed by atoms with Crippen molar-refractivity contribution in [1.82, 2.24) is 25.2 Å². The molecule has 324 valence electrons. The van der Waals surface area contributed by atoms with Crippen molar-refractivity contribution in [1.29, 1.82) is 0 Å². The van der Waals surface area contributed by atoms with Gasteiger partial charge in [-0.2, -0.15) is 0 Å². The highest BCUT2D eigenvalue weighted by Crippen LogP contribution is 2.45. The topological polar surface area (TPSA) is 202 Å². The van der Waals surface area contributed by atoms with Gasteiger partial charge in [0.1, 0.15) is 34.5 Å². The molecule has 5 atom stereocenters. The number of alkyl carbamates (subject to hydrolysis) is 1. The van der Waals surface area contributed by atoms with Crippen LogP contribution in [-0.2, 0) is 51.7 Å². The lowest BCUT2D eigenvalue weighted by Gasteiger charge is -2.28. The minimum atomic E-state index is -4.42. The zero-order valence-electron chi connectivity index (χ0n) is 33.5. The number of carbonyl (C=O) groups is 5. The molecule has 0 bridgehead atoms. The first-order valence-corrected chi connectivity index (χ1v) is 22.3. The van der Waals surface area contributed by atoms with Crippen molar-refractivity contribution in [2.75, 3.05) is 31.6 Å². The Morgan fingerprint density at radius 2 is 1.72 bits per heavy atom. The molecule has 4 aliphatic heterocycles. The van der Waals surface area contributed by atoms with E-state index in [0.29, 0.717) is 62.3 Å². The second-order valence-electron chi connectivity index (χ2n) is 16.2. The summed E-state index contributed by atoms with van der Waals surface area (Å²) in [7, 11) is -4.42. The number of carbonyl (C=O) groups excluding carboxylic acids is 5. The number of fused-ring (bicyclic) bond motifs is 3. The van der Waals surface area contributed by atoms with E-state index in [1.807, 2.05) is 0 Å². The van der Waals surface area contributed by atoms with E-state index >= 15 is 0 Å². The van der Waals surface area contributed by atoms with E-state index < -0.39 is 75.4 Å². The molecular weight excluding hydrogens is 800 g/mol. The molecule has 1 spiro atoms. The van der Waals surface area contributed by atoms with Crippen molar-refractivity contribution in [2.24, 2.45) is 5.92 Å². The zero-order chi connectivity index (χ0) is 42.4. The Hall–Kier alpha value is -5.23. The number of rotatable bonds is 4. The predicted octanol–water partition coefficient (Wildman–Crippen LogP) is 4.24. The van der Waals surface area contributed by atoms with Crippen LogP contribution in [0.1, 0.15) is 81.8 Å². The monoisotopic (exact) mass is 852 g/mol.